The molecule has 0 heterocycles. The van der Waals surface area contributed by atoms with Gasteiger partial charge in [0.2, 0.25) is 10.0 Å². The number of carbonyl (C=O) groups is 1. The number of hydrogen-bond donors (Lipinski definition) is 2. The smallest absolute Gasteiger partial charge is 0.251 e. The molecule has 25 heavy (non-hydrogen) atoms. The molecule has 2 aromatic carbocycles. The highest BCUT2D eigenvalue weighted by Crippen LogP contribution is 2.12. The number of carbonyl (C=O) groups excluding carboxylic acids is 1. The lowest BCUT2D eigenvalue weighted by molar-refractivity contribution is 0.0953. The summed E-state index contributed by atoms with van der Waals surface area (Å²) in [6, 6.07) is 13.2. The third kappa shape index (κ3) is 5.85. The van der Waals surface area contributed by atoms with Crippen molar-refractivity contribution in [2.75, 3.05) is 13.1 Å². The maximum absolute atomic E-state index is 12.3. The normalized spacial score (nSPS) is 11.3. The van der Waals surface area contributed by atoms with Crippen molar-refractivity contribution in [3.8, 4) is 0 Å². The first-order valence-corrected chi connectivity index (χ1v) is 9.91. The molecule has 0 unspecified atom stereocenters. The Balaban J connectivity index is 1.94. The molecule has 1 amide bonds. The summed E-state index contributed by atoms with van der Waals surface area (Å²) in [6.07, 6.45) is 1.41. The van der Waals surface area contributed by atoms with Crippen LogP contribution in [0.3, 0.4) is 0 Å². The van der Waals surface area contributed by atoms with Crippen molar-refractivity contribution in [2.24, 2.45) is 0 Å². The topological polar surface area (TPSA) is 75.3 Å². The van der Waals surface area contributed by atoms with Gasteiger partial charge in [-0.1, -0.05) is 30.7 Å². The van der Waals surface area contributed by atoms with E-state index < -0.39 is 10.0 Å². The third-order valence-electron chi connectivity index (χ3n) is 3.58. The van der Waals surface area contributed by atoms with Gasteiger partial charge in [-0.05, 0) is 54.8 Å². The van der Waals surface area contributed by atoms with Crippen LogP contribution in [0.1, 0.15) is 29.3 Å². The maximum Gasteiger partial charge on any atom is 0.251 e. The molecule has 2 aromatic rings. The second kappa shape index (κ2) is 8.99. The molecule has 0 fully saturated rings. The van der Waals surface area contributed by atoms with Gasteiger partial charge in [-0.25, -0.2) is 13.1 Å². The first kappa shape index (κ1) is 19.4. The van der Waals surface area contributed by atoms with E-state index in [1.807, 2.05) is 19.1 Å². The molecule has 2 rings (SSSR count). The Morgan fingerprint density at radius 2 is 1.64 bits per heavy atom. The summed E-state index contributed by atoms with van der Waals surface area (Å²) in [5.74, 6) is -0.207. The molecule has 2 N–H and O–H groups in total. The van der Waals surface area contributed by atoms with Crippen LogP contribution in [0.2, 0.25) is 5.02 Å². The van der Waals surface area contributed by atoms with Gasteiger partial charge in [0.15, 0.2) is 0 Å². The summed E-state index contributed by atoms with van der Waals surface area (Å²) in [7, 11) is -3.61. The van der Waals surface area contributed by atoms with Crippen LogP contribution in [0.4, 0.5) is 0 Å². The van der Waals surface area contributed by atoms with Crippen molar-refractivity contribution >= 4 is 27.5 Å². The fourth-order valence-corrected chi connectivity index (χ4v) is 3.35. The highest BCUT2D eigenvalue weighted by Gasteiger charge is 2.14. The lowest BCUT2D eigenvalue weighted by atomic mass is 10.2. The minimum Gasteiger partial charge on any atom is -0.352 e. The largest absolute Gasteiger partial charge is 0.352 e. The van der Waals surface area contributed by atoms with Crippen LogP contribution in [0.25, 0.3) is 0 Å². The Kier molecular flexibility index (Phi) is 6.99. The van der Waals surface area contributed by atoms with E-state index in [1.54, 1.807) is 12.1 Å². The van der Waals surface area contributed by atoms with E-state index in [1.165, 1.54) is 24.3 Å². The molecule has 0 spiro atoms. The molecule has 5 nitrogen and oxygen atoms in total. The summed E-state index contributed by atoms with van der Waals surface area (Å²) in [4.78, 5) is 12.0. The van der Waals surface area contributed by atoms with Crippen LogP contribution in [0, 0.1) is 0 Å². The van der Waals surface area contributed by atoms with Gasteiger partial charge in [-0.3, -0.25) is 4.79 Å². The predicted molar refractivity (Wildman–Crippen MR) is 99.4 cm³/mol. The molecule has 0 aliphatic heterocycles. The molecule has 0 aliphatic carbocycles. The van der Waals surface area contributed by atoms with Gasteiger partial charge in [0.1, 0.15) is 0 Å². The quantitative estimate of drug-likeness (QED) is 0.739. The van der Waals surface area contributed by atoms with Gasteiger partial charge in [0.05, 0.1) is 4.90 Å². The predicted octanol–water partition coefficient (Wildman–Crippen LogP) is 3.00. The zero-order chi connectivity index (χ0) is 18.3. The number of hydrogen-bond acceptors (Lipinski definition) is 3. The zero-order valence-electron chi connectivity index (χ0n) is 14.0. The molecular weight excluding hydrogens is 360 g/mol. The van der Waals surface area contributed by atoms with Crippen molar-refractivity contribution in [3.05, 3.63) is 64.7 Å². The Hall–Kier alpha value is -1.89. The Bertz CT molecular complexity index is 803. The number of sulfonamides is 1. The Labute approximate surface area is 153 Å². The SMILES string of the molecule is CCCNC(=O)c1ccc(S(=O)(=O)NCCc2ccc(Cl)cc2)cc1. The summed E-state index contributed by atoms with van der Waals surface area (Å²) in [6.45, 7) is 2.83. The standard InChI is InChI=1S/C18H21ClN2O3S/c1-2-12-20-18(22)15-5-9-17(10-6-15)25(23,24)21-13-11-14-3-7-16(19)8-4-14/h3-10,21H,2,11-13H2,1H3,(H,20,22). The van der Waals surface area contributed by atoms with Crippen LogP contribution in [-0.4, -0.2) is 27.4 Å². The van der Waals surface area contributed by atoms with Crippen LogP contribution in [-0.2, 0) is 16.4 Å². The molecule has 0 atom stereocenters. The van der Waals surface area contributed by atoms with E-state index in [4.69, 9.17) is 11.6 Å². The summed E-state index contributed by atoms with van der Waals surface area (Å²) in [5, 5.41) is 3.40. The molecule has 7 heteroatoms. The average Bonchev–Trinajstić information content (AvgIpc) is 2.61. The van der Waals surface area contributed by atoms with E-state index in [9.17, 15) is 13.2 Å². The van der Waals surface area contributed by atoms with Crippen LogP contribution in [0.15, 0.2) is 53.4 Å². The van der Waals surface area contributed by atoms with Gasteiger partial charge >= 0.3 is 0 Å². The molecule has 0 aromatic heterocycles. The number of halogens is 1. The highest BCUT2D eigenvalue weighted by atomic mass is 35.5. The minimum absolute atomic E-state index is 0.135. The molecule has 0 saturated carbocycles. The van der Waals surface area contributed by atoms with Crippen molar-refractivity contribution in [2.45, 2.75) is 24.7 Å². The van der Waals surface area contributed by atoms with E-state index >= 15 is 0 Å². The Morgan fingerprint density at radius 1 is 1.00 bits per heavy atom. The number of nitrogens with one attached hydrogen (secondary N) is 2. The van der Waals surface area contributed by atoms with E-state index in [2.05, 4.69) is 10.0 Å². The van der Waals surface area contributed by atoms with Crippen LogP contribution < -0.4 is 10.0 Å². The lowest BCUT2D eigenvalue weighted by Gasteiger charge is -2.08. The van der Waals surface area contributed by atoms with Crippen LogP contribution in [0.5, 0.6) is 0 Å². The molecule has 0 radical (unpaired) electrons. The fraction of sp³-hybridized carbons (Fsp3) is 0.278. The molecule has 0 bridgehead atoms. The third-order valence-corrected chi connectivity index (χ3v) is 5.31. The summed E-state index contributed by atoms with van der Waals surface area (Å²) < 4.78 is 27.2. The highest BCUT2D eigenvalue weighted by molar-refractivity contribution is 7.89. The zero-order valence-corrected chi connectivity index (χ0v) is 15.5. The van der Waals surface area contributed by atoms with Gasteiger partial charge < -0.3 is 5.32 Å². The van der Waals surface area contributed by atoms with Gasteiger partial charge in [-0.15, -0.1) is 0 Å². The van der Waals surface area contributed by atoms with Crippen molar-refractivity contribution in [1.82, 2.24) is 10.0 Å². The summed E-state index contributed by atoms with van der Waals surface area (Å²) in [5.41, 5.74) is 1.43. The Morgan fingerprint density at radius 3 is 2.24 bits per heavy atom. The average molecular weight is 381 g/mol. The first-order chi connectivity index (χ1) is 11.9. The number of amides is 1. The van der Waals surface area contributed by atoms with Gasteiger partial charge in [0, 0.05) is 23.7 Å². The van der Waals surface area contributed by atoms with Crippen molar-refractivity contribution in [1.29, 1.82) is 0 Å². The van der Waals surface area contributed by atoms with Crippen molar-refractivity contribution < 1.29 is 13.2 Å². The molecule has 134 valence electrons. The van der Waals surface area contributed by atoms with Gasteiger partial charge in [0.25, 0.3) is 5.91 Å². The molecule has 0 saturated heterocycles. The number of rotatable bonds is 8. The summed E-state index contributed by atoms with van der Waals surface area (Å²) >= 11 is 5.82. The van der Waals surface area contributed by atoms with E-state index in [-0.39, 0.29) is 17.3 Å². The van der Waals surface area contributed by atoms with E-state index in [0.29, 0.717) is 23.6 Å². The molecular formula is C18H21ClN2O3S. The van der Waals surface area contributed by atoms with E-state index in [0.717, 1.165) is 12.0 Å². The maximum atomic E-state index is 12.3. The lowest BCUT2D eigenvalue weighted by Crippen LogP contribution is -2.26. The number of benzene rings is 2. The first-order valence-electron chi connectivity index (χ1n) is 8.05. The van der Waals surface area contributed by atoms with Crippen molar-refractivity contribution in [3.63, 3.8) is 0 Å². The molecule has 0 aliphatic rings. The minimum atomic E-state index is -3.61. The monoisotopic (exact) mass is 380 g/mol. The van der Waals surface area contributed by atoms with Gasteiger partial charge in [-0.2, -0.15) is 0 Å². The van der Waals surface area contributed by atoms with Crippen LogP contribution >= 0.6 is 11.6 Å². The second-order valence-electron chi connectivity index (χ2n) is 5.55. The second-order valence-corrected chi connectivity index (χ2v) is 7.76. The fourth-order valence-electron chi connectivity index (χ4n) is 2.19.